The quantitative estimate of drug-likeness (QED) is 0.341. The molecule has 2 aromatic carbocycles. The molecule has 1 atom stereocenters. The predicted molar refractivity (Wildman–Crippen MR) is 128 cm³/mol. The Hall–Kier alpha value is -3.28. The fourth-order valence-corrected chi connectivity index (χ4v) is 4.40. The van der Waals surface area contributed by atoms with Crippen LogP contribution in [0.15, 0.2) is 57.9 Å². The van der Waals surface area contributed by atoms with Gasteiger partial charge < -0.3 is 21.3 Å². The van der Waals surface area contributed by atoms with Crippen LogP contribution in [0.1, 0.15) is 44.5 Å². The van der Waals surface area contributed by atoms with Crippen LogP contribution in [0.4, 0.5) is 11.4 Å². The van der Waals surface area contributed by atoms with E-state index in [0.717, 1.165) is 19.3 Å². The molecule has 0 aliphatic heterocycles. The number of rotatable bonds is 10. The van der Waals surface area contributed by atoms with Crippen LogP contribution in [0.25, 0.3) is 11.4 Å². The lowest BCUT2D eigenvalue weighted by Crippen LogP contribution is -2.21. The van der Waals surface area contributed by atoms with E-state index in [1.54, 1.807) is 36.4 Å². The van der Waals surface area contributed by atoms with Gasteiger partial charge >= 0.3 is 0 Å². The smallest absolute Gasteiger partial charge is 0.261 e. The maximum atomic E-state index is 12.9. The summed E-state index contributed by atoms with van der Waals surface area (Å²) in [5.41, 5.74) is 12.7. The van der Waals surface area contributed by atoms with Gasteiger partial charge in [-0.15, -0.1) is 0 Å². The highest BCUT2D eigenvalue weighted by Gasteiger charge is 2.44. The Morgan fingerprint density at radius 1 is 1.18 bits per heavy atom. The number of hydrogen-bond acceptors (Lipinski definition) is 8. The Bertz CT molecular complexity index is 1270. The largest absolute Gasteiger partial charge is 0.337 e. The maximum Gasteiger partial charge on any atom is 0.261 e. The van der Waals surface area contributed by atoms with Gasteiger partial charge in [0.2, 0.25) is 17.6 Å². The molecule has 34 heavy (non-hydrogen) atoms. The summed E-state index contributed by atoms with van der Waals surface area (Å²) in [6, 6.07) is 12.3. The van der Waals surface area contributed by atoms with Crippen LogP contribution in [-0.4, -0.2) is 31.0 Å². The highest BCUT2D eigenvalue weighted by atomic mass is 32.2. The average molecular weight is 485 g/mol. The SMILES string of the molecule is CC1(C(=O)Nc2ccc(NS(=O)(=O)c3cccc(-c4noc(C(N)CCCN)n4)c3)cc2)CC1. The number of carbonyl (C=O) groups is 1. The minimum atomic E-state index is -3.88. The number of amides is 1. The number of nitrogens with zero attached hydrogens (tertiary/aromatic N) is 2. The lowest BCUT2D eigenvalue weighted by molar-refractivity contribution is -0.120. The van der Waals surface area contributed by atoms with E-state index in [1.165, 1.54) is 12.1 Å². The first kappa shape index (κ1) is 23.9. The van der Waals surface area contributed by atoms with E-state index in [2.05, 4.69) is 20.2 Å². The van der Waals surface area contributed by atoms with Crippen LogP contribution in [0.3, 0.4) is 0 Å². The summed E-state index contributed by atoms with van der Waals surface area (Å²) in [6.07, 6.45) is 3.09. The second-order valence-corrected chi connectivity index (χ2v) is 10.4. The first-order valence-corrected chi connectivity index (χ1v) is 12.5. The molecule has 0 spiro atoms. The van der Waals surface area contributed by atoms with Gasteiger partial charge in [-0.1, -0.05) is 24.2 Å². The number of benzene rings is 2. The molecule has 1 amide bonds. The summed E-state index contributed by atoms with van der Waals surface area (Å²) in [6.45, 7) is 2.43. The molecule has 0 saturated heterocycles. The van der Waals surface area contributed by atoms with Gasteiger partial charge in [0.15, 0.2) is 0 Å². The summed E-state index contributed by atoms with van der Waals surface area (Å²) >= 11 is 0. The Balaban J connectivity index is 1.45. The average Bonchev–Trinajstić information content (AvgIpc) is 3.39. The molecule has 180 valence electrons. The third-order valence-corrected chi connectivity index (χ3v) is 7.20. The van der Waals surface area contributed by atoms with E-state index in [9.17, 15) is 13.2 Å². The predicted octanol–water partition coefficient (Wildman–Crippen LogP) is 3.01. The van der Waals surface area contributed by atoms with E-state index in [4.69, 9.17) is 16.0 Å². The number of sulfonamides is 1. The molecule has 1 aromatic heterocycles. The topological polar surface area (TPSA) is 166 Å². The van der Waals surface area contributed by atoms with E-state index < -0.39 is 16.1 Å². The maximum absolute atomic E-state index is 12.9. The Kier molecular flexibility index (Phi) is 6.69. The zero-order valence-corrected chi connectivity index (χ0v) is 19.6. The molecule has 1 aliphatic rings. The van der Waals surface area contributed by atoms with Gasteiger partial charge in [-0.25, -0.2) is 8.42 Å². The van der Waals surface area contributed by atoms with Gasteiger partial charge in [-0.05, 0) is 68.6 Å². The molecule has 0 radical (unpaired) electrons. The van der Waals surface area contributed by atoms with Crippen LogP contribution >= 0.6 is 0 Å². The molecular formula is C23H28N6O4S. The fraction of sp³-hybridized carbons (Fsp3) is 0.348. The van der Waals surface area contributed by atoms with Crippen molar-refractivity contribution in [3.63, 3.8) is 0 Å². The van der Waals surface area contributed by atoms with Crippen molar-refractivity contribution in [2.45, 2.75) is 43.5 Å². The fourth-order valence-electron chi connectivity index (χ4n) is 3.30. The molecule has 1 saturated carbocycles. The highest BCUT2D eigenvalue weighted by Crippen LogP contribution is 2.45. The molecule has 4 rings (SSSR count). The Morgan fingerprint density at radius 2 is 1.88 bits per heavy atom. The minimum absolute atomic E-state index is 0.0254. The third kappa shape index (κ3) is 5.44. The van der Waals surface area contributed by atoms with Crippen LogP contribution < -0.4 is 21.5 Å². The molecule has 1 aliphatic carbocycles. The third-order valence-electron chi connectivity index (χ3n) is 5.82. The monoisotopic (exact) mass is 484 g/mol. The van der Waals surface area contributed by atoms with E-state index in [1.807, 2.05) is 6.92 Å². The zero-order chi connectivity index (χ0) is 24.3. The number of nitrogens with one attached hydrogen (secondary N) is 2. The van der Waals surface area contributed by atoms with Gasteiger partial charge in [-0.3, -0.25) is 9.52 Å². The molecule has 0 bridgehead atoms. The van der Waals surface area contributed by atoms with Crippen molar-refractivity contribution in [1.82, 2.24) is 10.1 Å². The first-order valence-electron chi connectivity index (χ1n) is 11.0. The van der Waals surface area contributed by atoms with Gasteiger partial charge in [0.1, 0.15) is 0 Å². The standard InChI is InChI=1S/C23H28N6O4S/c1-23(11-12-23)22(30)26-16-7-9-17(10-8-16)29-34(31,32)18-5-2-4-15(14-18)20-27-21(33-28-20)19(25)6-3-13-24/h2,4-5,7-10,14,19,29H,3,6,11-13,24-25H2,1H3,(H,26,30). The molecule has 10 nitrogen and oxygen atoms in total. The van der Waals surface area contributed by atoms with Crippen LogP contribution in [0.5, 0.6) is 0 Å². The summed E-state index contributed by atoms with van der Waals surface area (Å²) in [5, 5.41) is 6.79. The van der Waals surface area contributed by atoms with Crippen molar-refractivity contribution in [2.24, 2.45) is 16.9 Å². The van der Waals surface area contributed by atoms with Crippen LogP contribution in [0, 0.1) is 5.41 Å². The molecule has 1 fully saturated rings. The molecular weight excluding hydrogens is 456 g/mol. The summed E-state index contributed by atoms with van der Waals surface area (Å²) in [4.78, 5) is 16.5. The molecule has 3 aromatic rings. The van der Waals surface area contributed by atoms with Crippen molar-refractivity contribution in [3.05, 3.63) is 54.4 Å². The van der Waals surface area contributed by atoms with Gasteiger partial charge in [0.05, 0.1) is 10.9 Å². The van der Waals surface area contributed by atoms with E-state index in [0.29, 0.717) is 29.9 Å². The summed E-state index contributed by atoms with van der Waals surface area (Å²) in [5.74, 6) is 0.500. The van der Waals surface area contributed by atoms with Gasteiger partial charge in [0, 0.05) is 22.4 Å². The molecule has 1 heterocycles. The summed E-state index contributed by atoms with van der Waals surface area (Å²) in [7, 11) is -3.88. The van der Waals surface area contributed by atoms with Crippen molar-refractivity contribution in [2.75, 3.05) is 16.6 Å². The number of nitrogens with two attached hydrogens (primary N) is 2. The van der Waals surface area contributed by atoms with Crippen molar-refractivity contribution >= 4 is 27.3 Å². The summed E-state index contributed by atoms with van der Waals surface area (Å²) < 4.78 is 33.7. The molecule has 6 N–H and O–H groups in total. The van der Waals surface area contributed by atoms with Crippen molar-refractivity contribution in [3.8, 4) is 11.4 Å². The van der Waals surface area contributed by atoms with E-state index in [-0.39, 0.29) is 27.9 Å². The number of aromatic nitrogens is 2. The normalized spacial score (nSPS) is 15.5. The lowest BCUT2D eigenvalue weighted by Gasteiger charge is -2.12. The Morgan fingerprint density at radius 3 is 2.56 bits per heavy atom. The van der Waals surface area contributed by atoms with Gasteiger partial charge in [-0.2, -0.15) is 4.98 Å². The second kappa shape index (κ2) is 9.53. The first-order chi connectivity index (χ1) is 16.2. The zero-order valence-electron chi connectivity index (χ0n) is 18.8. The minimum Gasteiger partial charge on any atom is -0.337 e. The van der Waals surface area contributed by atoms with Gasteiger partial charge in [0.25, 0.3) is 10.0 Å². The Labute approximate surface area is 198 Å². The van der Waals surface area contributed by atoms with Crippen LogP contribution in [-0.2, 0) is 14.8 Å². The van der Waals surface area contributed by atoms with Crippen molar-refractivity contribution in [1.29, 1.82) is 0 Å². The number of carbonyl (C=O) groups excluding carboxylic acids is 1. The lowest BCUT2D eigenvalue weighted by atomic mass is 10.1. The second-order valence-electron chi connectivity index (χ2n) is 8.72. The number of hydrogen-bond donors (Lipinski definition) is 4. The van der Waals surface area contributed by atoms with Crippen molar-refractivity contribution < 1.29 is 17.7 Å². The number of anilines is 2. The van der Waals surface area contributed by atoms with E-state index >= 15 is 0 Å². The molecule has 1 unspecified atom stereocenters. The van der Waals surface area contributed by atoms with Crippen LogP contribution in [0.2, 0.25) is 0 Å². The highest BCUT2D eigenvalue weighted by molar-refractivity contribution is 7.92. The molecule has 11 heteroatoms.